The first-order valence-corrected chi connectivity index (χ1v) is 12.8. The average Bonchev–Trinajstić information content (AvgIpc) is 2.89. The van der Waals surface area contributed by atoms with E-state index in [0.29, 0.717) is 45.5 Å². The van der Waals surface area contributed by atoms with E-state index in [1.165, 1.54) is 5.56 Å². The number of benzene rings is 2. The first-order chi connectivity index (χ1) is 17.0. The van der Waals surface area contributed by atoms with Gasteiger partial charge in [-0.25, -0.2) is 0 Å². The van der Waals surface area contributed by atoms with E-state index in [4.69, 9.17) is 10.5 Å². The van der Waals surface area contributed by atoms with E-state index in [0.717, 1.165) is 43.4 Å². The maximum absolute atomic E-state index is 13.3. The molecule has 7 nitrogen and oxygen atoms in total. The molecule has 0 saturated carbocycles. The van der Waals surface area contributed by atoms with Gasteiger partial charge in [-0.15, -0.1) is 0 Å². The number of carbonyl (C=O) groups excluding carboxylic acids is 2. The van der Waals surface area contributed by atoms with Gasteiger partial charge in [0.2, 0.25) is 11.8 Å². The van der Waals surface area contributed by atoms with Crippen LogP contribution in [0.25, 0.3) is 0 Å². The Balaban J connectivity index is 1.36. The zero-order valence-corrected chi connectivity index (χ0v) is 20.4. The van der Waals surface area contributed by atoms with Crippen LogP contribution in [0.3, 0.4) is 0 Å². The van der Waals surface area contributed by atoms with Crippen LogP contribution in [0.15, 0.2) is 48.5 Å². The molecule has 1 spiro atoms. The van der Waals surface area contributed by atoms with Gasteiger partial charge in [0.1, 0.15) is 11.5 Å². The van der Waals surface area contributed by atoms with E-state index in [2.05, 4.69) is 11.4 Å². The number of nitrogens with one attached hydrogen (secondary N) is 1. The number of para-hydroxylation sites is 1. The van der Waals surface area contributed by atoms with E-state index >= 15 is 0 Å². The molecule has 2 heterocycles. The van der Waals surface area contributed by atoms with Crippen molar-refractivity contribution in [2.75, 3.05) is 26.2 Å². The molecule has 0 bridgehead atoms. The number of hydrogen-bond acceptors (Lipinski definition) is 5. The molecule has 2 aliphatic heterocycles. The van der Waals surface area contributed by atoms with Crippen molar-refractivity contribution in [2.45, 2.75) is 57.4 Å². The van der Waals surface area contributed by atoms with Crippen LogP contribution in [0.4, 0.5) is 0 Å². The number of aromatic hydroxyl groups is 1. The van der Waals surface area contributed by atoms with E-state index in [-0.39, 0.29) is 17.6 Å². The summed E-state index contributed by atoms with van der Waals surface area (Å²) in [5, 5.41) is 12.6. The molecule has 0 aliphatic carbocycles. The number of rotatable bonds is 3. The summed E-state index contributed by atoms with van der Waals surface area (Å²) in [6.07, 6.45) is 6.20. The van der Waals surface area contributed by atoms with E-state index < -0.39 is 11.5 Å². The van der Waals surface area contributed by atoms with Crippen LogP contribution in [0.1, 0.15) is 49.7 Å². The van der Waals surface area contributed by atoms with Gasteiger partial charge in [-0.3, -0.25) is 9.59 Å². The molecule has 35 heavy (non-hydrogen) atoms. The van der Waals surface area contributed by atoms with Gasteiger partial charge in [-0.2, -0.15) is 0 Å². The minimum atomic E-state index is -0.637. The van der Waals surface area contributed by atoms with E-state index in [9.17, 15) is 14.7 Å². The molecule has 0 aromatic heterocycles. The lowest BCUT2D eigenvalue weighted by Crippen LogP contribution is -2.53. The summed E-state index contributed by atoms with van der Waals surface area (Å²) in [7, 11) is 0. The van der Waals surface area contributed by atoms with Crippen molar-refractivity contribution in [3.8, 4) is 11.5 Å². The van der Waals surface area contributed by atoms with Crippen molar-refractivity contribution in [3.63, 3.8) is 0 Å². The molecule has 2 aromatic rings. The molecule has 2 amide bonds. The van der Waals surface area contributed by atoms with Gasteiger partial charge in [0.05, 0.1) is 18.1 Å². The van der Waals surface area contributed by atoms with Crippen LogP contribution >= 0.6 is 0 Å². The van der Waals surface area contributed by atoms with Crippen LogP contribution < -0.4 is 15.8 Å². The first kappa shape index (κ1) is 25.0. The maximum Gasteiger partial charge on any atom is 0.239 e. The first-order valence-electron chi connectivity index (χ1n) is 12.8. The molecule has 1 atom stereocenters. The molecule has 4 N–H and O–H groups in total. The topological polar surface area (TPSA) is 105 Å². The Labute approximate surface area is 207 Å². The summed E-state index contributed by atoms with van der Waals surface area (Å²) in [4.78, 5) is 28.1. The number of phenols is 1. The number of nitrogens with two attached hydrogens (primary N) is 1. The van der Waals surface area contributed by atoms with Gasteiger partial charge in [-0.1, -0.05) is 36.8 Å². The third-order valence-electron chi connectivity index (χ3n) is 7.41. The number of piperidine rings is 1. The van der Waals surface area contributed by atoms with Crippen molar-refractivity contribution in [1.82, 2.24) is 10.2 Å². The monoisotopic (exact) mass is 479 g/mol. The Morgan fingerprint density at radius 3 is 2.57 bits per heavy atom. The quantitative estimate of drug-likeness (QED) is 0.627. The lowest BCUT2D eigenvalue weighted by Gasteiger charge is -2.41. The van der Waals surface area contributed by atoms with Gasteiger partial charge in [0, 0.05) is 19.6 Å². The number of nitrogens with zero attached hydrogens (tertiary/aromatic N) is 1. The Morgan fingerprint density at radius 1 is 1.06 bits per heavy atom. The van der Waals surface area contributed by atoms with E-state index in [1.54, 1.807) is 24.3 Å². The Morgan fingerprint density at radius 2 is 1.80 bits per heavy atom. The van der Waals surface area contributed by atoms with Gasteiger partial charge in [-0.05, 0) is 74.3 Å². The number of fused-ring (bicyclic) bond motifs is 1. The van der Waals surface area contributed by atoms with Crippen LogP contribution in [-0.2, 0) is 22.4 Å². The number of ether oxygens (including phenoxy) is 1. The molecule has 4 rings (SSSR count). The molecular formula is C28H37N3O4. The smallest absolute Gasteiger partial charge is 0.239 e. The molecule has 1 fully saturated rings. The molecule has 7 heteroatoms. The second-order valence-electron chi connectivity index (χ2n) is 9.86. The number of hydrogen-bond donors (Lipinski definition) is 3. The SMILES string of the molecule is N[C@@H](Cc1ccc(O)cc1)C(=O)N1CCC2(CCCCc3ccccc3OCCCNC2=O)CC1. The van der Waals surface area contributed by atoms with Gasteiger partial charge < -0.3 is 25.8 Å². The standard InChI is InChI=1S/C28H37N3O4/c29-24(20-21-9-11-23(32)12-10-21)26(33)31-17-14-28(15-18-31)13-4-3-7-22-6-1-2-8-25(22)35-19-5-16-30-27(28)34/h1-2,6,8-12,24,32H,3-5,7,13-20,29H2,(H,30,34)/t24-/m0/s1. The second-order valence-corrected chi connectivity index (χ2v) is 9.86. The Kier molecular flexibility index (Phi) is 8.29. The summed E-state index contributed by atoms with van der Waals surface area (Å²) in [5.41, 5.74) is 7.94. The van der Waals surface area contributed by atoms with Crippen molar-refractivity contribution in [3.05, 3.63) is 59.7 Å². The largest absolute Gasteiger partial charge is 0.508 e. The lowest BCUT2D eigenvalue weighted by atomic mass is 9.73. The van der Waals surface area contributed by atoms with Crippen LogP contribution in [-0.4, -0.2) is 54.1 Å². The number of likely N-dealkylation sites (tertiary alicyclic amines) is 1. The van der Waals surface area contributed by atoms with Gasteiger partial charge in [0.25, 0.3) is 0 Å². The predicted octanol–water partition coefficient (Wildman–Crippen LogP) is 3.18. The normalized spacial score (nSPS) is 19.8. The van der Waals surface area contributed by atoms with Crippen molar-refractivity contribution >= 4 is 11.8 Å². The van der Waals surface area contributed by atoms with Crippen LogP contribution in [0.2, 0.25) is 0 Å². The summed E-state index contributed by atoms with van der Waals surface area (Å²) in [6.45, 7) is 2.25. The highest BCUT2D eigenvalue weighted by atomic mass is 16.5. The summed E-state index contributed by atoms with van der Waals surface area (Å²) < 4.78 is 5.96. The van der Waals surface area contributed by atoms with Crippen molar-refractivity contribution in [1.29, 1.82) is 0 Å². The van der Waals surface area contributed by atoms with Crippen LogP contribution in [0, 0.1) is 5.41 Å². The fraction of sp³-hybridized carbons (Fsp3) is 0.500. The highest BCUT2D eigenvalue weighted by Gasteiger charge is 2.42. The maximum atomic E-state index is 13.3. The third kappa shape index (κ3) is 6.34. The third-order valence-corrected chi connectivity index (χ3v) is 7.41. The molecule has 1 saturated heterocycles. The molecule has 0 unspecified atom stereocenters. The fourth-order valence-electron chi connectivity index (χ4n) is 5.23. The highest BCUT2D eigenvalue weighted by Crippen LogP contribution is 2.38. The lowest BCUT2D eigenvalue weighted by molar-refractivity contribution is -0.141. The Bertz CT molecular complexity index is 1000. The predicted molar refractivity (Wildman–Crippen MR) is 135 cm³/mol. The van der Waals surface area contributed by atoms with Crippen molar-refractivity contribution < 1.29 is 19.4 Å². The summed E-state index contributed by atoms with van der Waals surface area (Å²) >= 11 is 0. The number of phenolic OH excluding ortho intramolecular Hbond substituents is 1. The molecule has 2 aliphatic rings. The molecular weight excluding hydrogens is 442 g/mol. The highest BCUT2D eigenvalue weighted by molar-refractivity contribution is 5.84. The average molecular weight is 480 g/mol. The summed E-state index contributed by atoms with van der Waals surface area (Å²) in [6, 6.07) is 14.3. The summed E-state index contributed by atoms with van der Waals surface area (Å²) in [5.74, 6) is 1.17. The van der Waals surface area contributed by atoms with Crippen molar-refractivity contribution in [2.24, 2.45) is 11.1 Å². The van der Waals surface area contributed by atoms with Crippen LogP contribution in [0.5, 0.6) is 11.5 Å². The zero-order chi connectivity index (χ0) is 24.7. The number of carbonyl (C=O) groups is 2. The fourth-order valence-corrected chi connectivity index (χ4v) is 5.23. The van der Waals surface area contributed by atoms with E-state index in [1.807, 2.05) is 23.1 Å². The molecule has 188 valence electrons. The molecule has 0 radical (unpaired) electrons. The molecule has 2 aromatic carbocycles. The number of aryl methyl sites for hydroxylation is 1. The number of amides is 2. The second kappa shape index (κ2) is 11.6. The minimum Gasteiger partial charge on any atom is -0.508 e. The van der Waals surface area contributed by atoms with Gasteiger partial charge >= 0.3 is 0 Å². The Hall–Kier alpha value is -3.06. The minimum absolute atomic E-state index is 0.0771. The van der Waals surface area contributed by atoms with Gasteiger partial charge in [0.15, 0.2) is 0 Å². The zero-order valence-electron chi connectivity index (χ0n) is 20.4.